The molecule has 1 aromatic heterocycles. The van der Waals surface area contributed by atoms with Crippen molar-refractivity contribution >= 4 is 20.9 Å². The van der Waals surface area contributed by atoms with E-state index in [1.165, 1.54) is 12.1 Å². The predicted molar refractivity (Wildman–Crippen MR) is 97.7 cm³/mol. The number of nitrogens with one attached hydrogen (secondary N) is 2. The van der Waals surface area contributed by atoms with E-state index in [4.69, 9.17) is 0 Å². The molecule has 0 aliphatic carbocycles. The molecular weight excluding hydrogens is 339 g/mol. The predicted octanol–water partition coefficient (Wildman–Crippen LogP) is 3.87. The lowest BCUT2D eigenvalue weighted by molar-refractivity contribution is 0.504. The summed E-state index contributed by atoms with van der Waals surface area (Å²) in [6, 6.07) is 11.3. The van der Waals surface area contributed by atoms with E-state index in [1.54, 1.807) is 30.3 Å². The molecule has 0 aliphatic heterocycles. The van der Waals surface area contributed by atoms with Crippen molar-refractivity contribution in [2.45, 2.75) is 31.1 Å². The number of sulfonamides is 1. The second-order valence-electron chi connectivity index (χ2n) is 6.91. The van der Waals surface area contributed by atoms with Crippen molar-refractivity contribution < 1.29 is 12.8 Å². The Morgan fingerprint density at radius 2 is 1.80 bits per heavy atom. The van der Waals surface area contributed by atoms with E-state index in [0.717, 1.165) is 22.0 Å². The Hall–Kier alpha value is -2.18. The average Bonchev–Trinajstić information content (AvgIpc) is 2.97. The Balaban J connectivity index is 1.85. The smallest absolute Gasteiger partial charge is 0.240 e. The van der Waals surface area contributed by atoms with E-state index < -0.39 is 15.4 Å². The lowest BCUT2D eigenvalue weighted by Crippen LogP contribution is -2.36. The van der Waals surface area contributed by atoms with Crippen LogP contribution >= 0.6 is 0 Å². The van der Waals surface area contributed by atoms with Crippen LogP contribution in [0.25, 0.3) is 10.9 Å². The SMILES string of the molecule is Cc1ccc(S(=O)(=O)NCC(C)(C)c2c[nH]c3ccc(F)cc23)cc1. The van der Waals surface area contributed by atoms with Crippen molar-refractivity contribution in [1.29, 1.82) is 0 Å². The lowest BCUT2D eigenvalue weighted by atomic mass is 9.85. The Morgan fingerprint density at radius 1 is 1.12 bits per heavy atom. The van der Waals surface area contributed by atoms with Crippen molar-refractivity contribution in [2.24, 2.45) is 0 Å². The molecule has 0 fully saturated rings. The van der Waals surface area contributed by atoms with Crippen LogP contribution in [0.15, 0.2) is 53.6 Å². The van der Waals surface area contributed by atoms with Gasteiger partial charge in [0, 0.05) is 29.1 Å². The number of hydrogen-bond acceptors (Lipinski definition) is 2. The van der Waals surface area contributed by atoms with Crippen LogP contribution < -0.4 is 4.72 Å². The highest BCUT2D eigenvalue weighted by atomic mass is 32.2. The monoisotopic (exact) mass is 360 g/mol. The zero-order valence-electron chi connectivity index (χ0n) is 14.4. The van der Waals surface area contributed by atoms with Crippen molar-refractivity contribution in [3.8, 4) is 0 Å². The highest BCUT2D eigenvalue weighted by Gasteiger charge is 2.27. The summed E-state index contributed by atoms with van der Waals surface area (Å²) in [5.74, 6) is -0.315. The molecule has 25 heavy (non-hydrogen) atoms. The Kier molecular flexibility index (Phi) is 4.43. The minimum atomic E-state index is -3.60. The number of fused-ring (bicyclic) bond motifs is 1. The van der Waals surface area contributed by atoms with Gasteiger partial charge in [-0.3, -0.25) is 0 Å². The standard InChI is InChI=1S/C19H21FN2O2S/c1-13-4-7-15(8-5-13)25(23,24)22-12-19(2,3)17-11-21-18-9-6-14(20)10-16(17)18/h4-11,21-22H,12H2,1-3H3. The molecule has 0 radical (unpaired) electrons. The third-order valence-electron chi connectivity index (χ3n) is 4.41. The fraction of sp³-hybridized carbons (Fsp3) is 0.263. The van der Waals surface area contributed by atoms with E-state index in [1.807, 2.05) is 27.0 Å². The molecule has 0 amide bonds. The second kappa shape index (κ2) is 6.28. The largest absolute Gasteiger partial charge is 0.361 e. The number of rotatable bonds is 5. The summed E-state index contributed by atoms with van der Waals surface area (Å²) in [4.78, 5) is 3.35. The van der Waals surface area contributed by atoms with Gasteiger partial charge in [0.25, 0.3) is 0 Å². The number of aromatic nitrogens is 1. The number of aryl methyl sites for hydroxylation is 1. The molecule has 0 aliphatic rings. The number of benzene rings is 2. The Bertz CT molecular complexity index is 1010. The highest BCUT2D eigenvalue weighted by Crippen LogP contribution is 2.30. The zero-order valence-corrected chi connectivity index (χ0v) is 15.2. The summed E-state index contributed by atoms with van der Waals surface area (Å²) in [5, 5.41) is 0.763. The van der Waals surface area contributed by atoms with Gasteiger partial charge in [-0.05, 0) is 42.8 Å². The maximum absolute atomic E-state index is 13.6. The lowest BCUT2D eigenvalue weighted by Gasteiger charge is -2.25. The van der Waals surface area contributed by atoms with E-state index in [0.29, 0.717) is 0 Å². The Morgan fingerprint density at radius 3 is 2.48 bits per heavy atom. The molecule has 2 N–H and O–H groups in total. The molecule has 3 rings (SSSR count). The first kappa shape index (κ1) is 17.6. The average molecular weight is 360 g/mol. The molecule has 0 unspecified atom stereocenters. The van der Waals surface area contributed by atoms with Crippen LogP contribution in [-0.4, -0.2) is 19.9 Å². The molecule has 0 atom stereocenters. The fourth-order valence-electron chi connectivity index (χ4n) is 2.82. The minimum Gasteiger partial charge on any atom is -0.361 e. The van der Waals surface area contributed by atoms with E-state index in [9.17, 15) is 12.8 Å². The van der Waals surface area contributed by atoms with Crippen LogP contribution in [0.4, 0.5) is 4.39 Å². The number of aromatic amines is 1. The molecule has 0 spiro atoms. The molecule has 132 valence electrons. The van der Waals surface area contributed by atoms with E-state index >= 15 is 0 Å². The maximum atomic E-state index is 13.6. The van der Waals surface area contributed by atoms with Gasteiger partial charge < -0.3 is 4.98 Å². The number of H-pyrrole nitrogens is 1. The van der Waals surface area contributed by atoms with Crippen LogP contribution in [0, 0.1) is 12.7 Å². The van der Waals surface area contributed by atoms with Gasteiger partial charge in [-0.2, -0.15) is 0 Å². The molecule has 0 saturated carbocycles. The third kappa shape index (κ3) is 3.60. The van der Waals surface area contributed by atoms with Crippen LogP contribution in [-0.2, 0) is 15.4 Å². The Labute approximate surface area is 147 Å². The van der Waals surface area contributed by atoms with Gasteiger partial charge in [0.15, 0.2) is 0 Å². The fourth-order valence-corrected chi connectivity index (χ4v) is 4.04. The van der Waals surface area contributed by atoms with Gasteiger partial charge >= 0.3 is 0 Å². The summed E-state index contributed by atoms with van der Waals surface area (Å²) in [7, 11) is -3.60. The third-order valence-corrected chi connectivity index (χ3v) is 5.83. The van der Waals surface area contributed by atoms with Gasteiger partial charge in [0.2, 0.25) is 10.0 Å². The maximum Gasteiger partial charge on any atom is 0.240 e. The van der Waals surface area contributed by atoms with Crippen molar-refractivity contribution in [3.63, 3.8) is 0 Å². The molecule has 0 bridgehead atoms. The van der Waals surface area contributed by atoms with Crippen LogP contribution in [0.2, 0.25) is 0 Å². The number of hydrogen-bond donors (Lipinski definition) is 2. The minimum absolute atomic E-state index is 0.201. The topological polar surface area (TPSA) is 62.0 Å². The quantitative estimate of drug-likeness (QED) is 0.725. The van der Waals surface area contributed by atoms with Gasteiger partial charge in [-0.15, -0.1) is 0 Å². The summed E-state index contributed by atoms with van der Waals surface area (Å²) >= 11 is 0. The molecule has 2 aromatic carbocycles. The first-order valence-electron chi connectivity index (χ1n) is 8.02. The van der Waals surface area contributed by atoms with Gasteiger partial charge in [-0.25, -0.2) is 17.5 Å². The molecule has 0 saturated heterocycles. The van der Waals surface area contributed by atoms with Crippen molar-refractivity contribution in [3.05, 3.63) is 65.6 Å². The first-order valence-corrected chi connectivity index (χ1v) is 9.51. The van der Waals surface area contributed by atoms with E-state index in [-0.39, 0.29) is 17.3 Å². The van der Waals surface area contributed by atoms with Gasteiger partial charge in [0.1, 0.15) is 5.82 Å². The van der Waals surface area contributed by atoms with Crippen LogP contribution in [0.1, 0.15) is 25.0 Å². The summed E-state index contributed by atoms with van der Waals surface area (Å²) < 4.78 is 41.3. The molecule has 1 heterocycles. The molecule has 6 heteroatoms. The van der Waals surface area contributed by atoms with Crippen LogP contribution in [0.3, 0.4) is 0 Å². The number of halogens is 1. The van der Waals surface area contributed by atoms with Crippen LogP contribution in [0.5, 0.6) is 0 Å². The first-order chi connectivity index (χ1) is 11.7. The summed E-state index contributed by atoms with van der Waals surface area (Å²) in [6.45, 7) is 5.96. The van der Waals surface area contributed by atoms with Gasteiger partial charge in [0.05, 0.1) is 4.90 Å². The van der Waals surface area contributed by atoms with Crippen molar-refractivity contribution in [1.82, 2.24) is 9.71 Å². The second-order valence-corrected chi connectivity index (χ2v) is 8.68. The molecular formula is C19H21FN2O2S. The van der Waals surface area contributed by atoms with E-state index in [2.05, 4.69) is 9.71 Å². The summed E-state index contributed by atoms with van der Waals surface area (Å²) in [5.41, 5.74) is 2.18. The highest BCUT2D eigenvalue weighted by molar-refractivity contribution is 7.89. The van der Waals surface area contributed by atoms with Gasteiger partial charge in [-0.1, -0.05) is 31.5 Å². The zero-order chi connectivity index (χ0) is 18.2. The normalized spacial score (nSPS) is 12.6. The molecule has 4 nitrogen and oxygen atoms in total. The summed E-state index contributed by atoms with van der Waals surface area (Å²) in [6.07, 6.45) is 1.81. The van der Waals surface area contributed by atoms with Crippen molar-refractivity contribution in [2.75, 3.05) is 6.54 Å². The molecule has 3 aromatic rings.